The van der Waals surface area contributed by atoms with Crippen molar-refractivity contribution in [2.75, 3.05) is 0 Å². The lowest BCUT2D eigenvalue weighted by atomic mass is 10.1. The van der Waals surface area contributed by atoms with Crippen LogP contribution in [0.25, 0.3) is 6.08 Å². The van der Waals surface area contributed by atoms with Crippen molar-refractivity contribution in [1.29, 1.82) is 0 Å². The van der Waals surface area contributed by atoms with E-state index in [1.165, 1.54) is 14.7 Å². The van der Waals surface area contributed by atoms with E-state index in [4.69, 9.17) is 0 Å². The fourth-order valence-electron chi connectivity index (χ4n) is 0.963. The minimum atomic E-state index is 1.32. The number of halogens is 1. The predicted octanol–water partition coefficient (Wildman–Crippen LogP) is 3.79. The Morgan fingerprint density at radius 2 is 2.00 bits per heavy atom. The Morgan fingerprint density at radius 3 is 2.55 bits per heavy atom. The van der Waals surface area contributed by atoms with Gasteiger partial charge in [-0.3, -0.25) is 0 Å². The Hall–Kier alpha value is -0.310. The molecule has 0 spiro atoms. The highest BCUT2D eigenvalue weighted by atomic mass is 127. The third kappa shape index (κ3) is 2.66. The van der Waals surface area contributed by atoms with Gasteiger partial charge in [0, 0.05) is 0 Å². The molecule has 1 aromatic rings. The fraction of sp³-hybridized carbons (Fsp3) is 0.200. The first-order valence-electron chi connectivity index (χ1n) is 3.59. The van der Waals surface area contributed by atoms with E-state index in [1.807, 2.05) is 0 Å². The van der Waals surface area contributed by atoms with Crippen LogP contribution in [0.1, 0.15) is 18.1 Å². The van der Waals surface area contributed by atoms with E-state index in [0.717, 1.165) is 0 Å². The van der Waals surface area contributed by atoms with Crippen molar-refractivity contribution in [2.45, 2.75) is 13.8 Å². The highest BCUT2D eigenvalue weighted by Gasteiger charge is 1.90. The Balaban J connectivity index is 3.04. The Labute approximate surface area is 81.5 Å². The van der Waals surface area contributed by atoms with Crippen LogP contribution in [0.2, 0.25) is 0 Å². The summed E-state index contributed by atoms with van der Waals surface area (Å²) in [4.78, 5) is 0. The van der Waals surface area contributed by atoms with Crippen LogP contribution in [-0.2, 0) is 0 Å². The largest absolute Gasteiger partial charge is 0.0620 e. The van der Waals surface area contributed by atoms with Gasteiger partial charge >= 0.3 is 0 Å². The van der Waals surface area contributed by atoms with Gasteiger partial charge < -0.3 is 0 Å². The van der Waals surface area contributed by atoms with E-state index < -0.39 is 0 Å². The van der Waals surface area contributed by atoms with E-state index in [2.05, 4.69) is 66.8 Å². The molecular weight excluding hydrogens is 247 g/mol. The molecule has 0 fully saturated rings. The van der Waals surface area contributed by atoms with Crippen molar-refractivity contribution in [3.63, 3.8) is 0 Å². The minimum absolute atomic E-state index is 1.32. The maximum atomic E-state index is 2.32. The highest BCUT2D eigenvalue weighted by molar-refractivity contribution is 14.1. The maximum absolute atomic E-state index is 2.32. The van der Waals surface area contributed by atoms with E-state index in [-0.39, 0.29) is 0 Å². The molecule has 0 aliphatic heterocycles. The van der Waals surface area contributed by atoms with Gasteiger partial charge in [-0.15, -0.1) is 0 Å². The lowest BCUT2D eigenvalue weighted by Gasteiger charge is -1.98. The topological polar surface area (TPSA) is 0 Å². The number of hydrogen-bond acceptors (Lipinski definition) is 0. The molecule has 0 radical (unpaired) electrons. The van der Waals surface area contributed by atoms with Crippen LogP contribution in [0.5, 0.6) is 0 Å². The summed E-state index contributed by atoms with van der Waals surface area (Å²) >= 11 is 2.32. The number of aryl methyl sites for hydroxylation is 1. The summed E-state index contributed by atoms with van der Waals surface area (Å²) in [6.07, 6.45) is 2.19. The molecule has 0 N–H and O–H groups in total. The van der Waals surface area contributed by atoms with Gasteiger partial charge in [0.1, 0.15) is 0 Å². The standard InChI is InChI=1S/C10H11I/c1-8-5-3-4-6-10(8)7-9(2)11/h3-7H,1-2H3/b9-7+. The summed E-state index contributed by atoms with van der Waals surface area (Å²) in [6, 6.07) is 8.40. The van der Waals surface area contributed by atoms with Crippen molar-refractivity contribution in [3.05, 3.63) is 39.0 Å². The molecule has 58 valence electrons. The molecule has 0 saturated heterocycles. The number of allylic oxidation sites excluding steroid dienone is 1. The third-order valence-corrected chi connectivity index (χ3v) is 1.85. The van der Waals surface area contributed by atoms with Crippen LogP contribution in [0, 0.1) is 6.92 Å². The normalized spacial score (nSPS) is 11.7. The summed E-state index contributed by atoms with van der Waals surface area (Å²) in [7, 11) is 0. The molecule has 0 amide bonds. The number of benzene rings is 1. The van der Waals surface area contributed by atoms with E-state index >= 15 is 0 Å². The van der Waals surface area contributed by atoms with Crippen molar-refractivity contribution < 1.29 is 0 Å². The molecule has 0 atom stereocenters. The number of hydrogen-bond donors (Lipinski definition) is 0. The lowest BCUT2D eigenvalue weighted by molar-refractivity contribution is 1.44. The summed E-state index contributed by atoms with van der Waals surface area (Å²) in [5.41, 5.74) is 2.66. The summed E-state index contributed by atoms with van der Waals surface area (Å²) in [6.45, 7) is 4.23. The SMILES string of the molecule is C/C(I)=C\c1ccccc1C. The molecule has 0 bridgehead atoms. The van der Waals surface area contributed by atoms with Crippen LogP contribution < -0.4 is 0 Å². The Bertz CT molecular complexity index is 270. The Morgan fingerprint density at radius 1 is 1.36 bits per heavy atom. The fourth-order valence-corrected chi connectivity index (χ4v) is 1.30. The molecule has 0 unspecified atom stereocenters. The molecule has 1 rings (SSSR count). The van der Waals surface area contributed by atoms with Crippen LogP contribution in [0.15, 0.2) is 27.8 Å². The maximum Gasteiger partial charge on any atom is -0.0119 e. The molecule has 11 heavy (non-hydrogen) atoms. The zero-order valence-electron chi connectivity index (χ0n) is 6.76. The van der Waals surface area contributed by atoms with E-state index in [0.29, 0.717) is 0 Å². The lowest BCUT2D eigenvalue weighted by Crippen LogP contribution is -1.77. The number of rotatable bonds is 1. The first kappa shape index (κ1) is 8.78. The minimum Gasteiger partial charge on any atom is -0.0620 e. The van der Waals surface area contributed by atoms with Crippen LogP contribution in [0.3, 0.4) is 0 Å². The molecular formula is C10H11I. The van der Waals surface area contributed by atoms with Gasteiger partial charge in [0.2, 0.25) is 0 Å². The average Bonchev–Trinajstić information content (AvgIpc) is 1.93. The van der Waals surface area contributed by atoms with E-state index in [9.17, 15) is 0 Å². The summed E-state index contributed by atoms with van der Waals surface area (Å²) in [5.74, 6) is 0. The van der Waals surface area contributed by atoms with Crippen molar-refractivity contribution in [3.8, 4) is 0 Å². The highest BCUT2D eigenvalue weighted by Crippen LogP contribution is 2.14. The zero-order valence-corrected chi connectivity index (χ0v) is 8.92. The van der Waals surface area contributed by atoms with Gasteiger partial charge in [0.25, 0.3) is 0 Å². The molecule has 0 aliphatic rings. The molecule has 0 heterocycles. The second kappa shape index (κ2) is 3.90. The third-order valence-electron chi connectivity index (χ3n) is 1.54. The van der Waals surface area contributed by atoms with Crippen molar-refractivity contribution >= 4 is 28.7 Å². The van der Waals surface area contributed by atoms with Crippen molar-refractivity contribution in [2.24, 2.45) is 0 Å². The van der Waals surface area contributed by atoms with Gasteiger partial charge in [0.05, 0.1) is 0 Å². The molecule has 0 aliphatic carbocycles. The second-order valence-corrected chi connectivity index (χ2v) is 4.29. The average molecular weight is 258 g/mol. The van der Waals surface area contributed by atoms with Gasteiger partial charge in [0.15, 0.2) is 0 Å². The van der Waals surface area contributed by atoms with E-state index in [1.54, 1.807) is 0 Å². The van der Waals surface area contributed by atoms with Gasteiger partial charge in [-0.25, -0.2) is 0 Å². The second-order valence-electron chi connectivity index (χ2n) is 2.59. The predicted molar refractivity (Wildman–Crippen MR) is 58.9 cm³/mol. The van der Waals surface area contributed by atoms with Gasteiger partial charge in [-0.1, -0.05) is 24.3 Å². The zero-order chi connectivity index (χ0) is 8.27. The molecule has 0 aromatic heterocycles. The molecule has 0 saturated carbocycles. The summed E-state index contributed by atoms with van der Waals surface area (Å²) in [5, 5.41) is 0. The van der Waals surface area contributed by atoms with Gasteiger partial charge in [-0.2, -0.15) is 0 Å². The monoisotopic (exact) mass is 258 g/mol. The quantitative estimate of drug-likeness (QED) is 0.672. The van der Waals surface area contributed by atoms with Crippen LogP contribution in [-0.4, -0.2) is 0 Å². The first-order valence-corrected chi connectivity index (χ1v) is 4.67. The van der Waals surface area contributed by atoms with Crippen LogP contribution in [0.4, 0.5) is 0 Å². The summed E-state index contributed by atoms with van der Waals surface area (Å²) < 4.78 is 1.32. The molecule has 0 nitrogen and oxygen atoms in total. The molecule has 1 aromatic carbocycles. The van der Waals surface area contributed by atoms with Crippen LogP contribution >= 0.6 is 22.6 Å². The molecule has 1 heteroatoms. The first-order chi connectivity index (χ1) is 5.20. The Kier molecular flexibility index (Phi) is 3.12. The smallest absolute Gasteiger partial charge is 0.0119 e. The van der Waals surface area contributed by atoms with Gasteiger partial charge in [-0.05, 0) is 57.2 Å². The van der Waals surface area contributed by atoms with Crippen molar-refractivity contribution in [1.82, 2.24) is 0 Å².